The van der Waals surface area contributed by atoms with Crippen LogP contribution in [0, 0.1) is 0 Å². The van der Waals surface area contributed by atoms with E-state index in [1.54, 1.807) is 13.8 Å². The summed E-state index contributed by atoms with van der Waals surface area (Å²) < 4.78 is 55.9. The van der Waals surface area contributed by atoms with E-state index >= 15 is 0 Å². The van der Waals surface area contributed by atoms with Crippen LogP contribution in [0.25, 0.3) is 11.1 Å². The predicted octanol–water partition coefficient (Wildman–Crippen LogP) is 1.79. The Morgan fingerprint density at radius 2 is 1.13 bits per heavy atom. The van der Waals surface area contributed by atoms with Gasteiger partial charge in [-0.2, -0.15) is 20.5 Å². The number of barbiturate groups is 2. The molecule has 2 heterocycles. The molecular weight excluding hydrogens is 725 g/mol. The van der Waals surface area contributed by atoms with E-state index < -0.39 is 68.7 Å². The first-order valence-corrected chi connectivity index (χ1v) is 18.3. The van der Waals surface area contributed by atoms with Crippen LogP contribution in [0.4, 0.5) is 26.7 Å². The third-order valence-electron chi connectivity index (χ3n) is 7.96. The van der Waals surface area contributed by atoms with Gasteiger partial charge in [-0.15, -0.1) is 0 Å². The van der Waals surface area contributed by atoms with Gasteiger partial charge in [-0.1, -0.05) is 26.0 Å². The zero-order valence-corrected chi connectivity index (χ0v) is 30.6. The molecular formula is C30H36N10O10S2. The molecule has 278 valence electrons. The third-order valence-corrected chi connectivity index (χ3v) is 10.3. The molecule has 0 bridgehead atoms. The Labute approximate surface area is 300 Å². The molecule has 2 aliphatic heterocycles. The van der Waals surface area contributed by atoms with Gasteiger partial charge in [-0.3, -0.25) is 43.1 Å². The quantitative estimate of drug-likeness (QED) is 0.170. The van der Waals surface area contributed by atoms with Crippen LogP contribution in [0.3, 0.4) is 0 Å². The van der Waals surface area contributed by atoms with E-state index in [-0.39, 0.29) is 46.2 Å². The number of urea groups is 2. The number of thiol groups is 1. The number of amides is 8. The van der Waals surface area contributed by atoms with Gasteiger partial charge in [-0.25, -0.2) is 31.1 Å². The molecule has 4 rings (SSSR count). The minimum Gasteiger partial charge on any atom is -0.272 e. The number of nitrogens with one attached hydrogen (secondary N) is 1. The monoisotopic (exact) mass is 760 g/mol. The fourth-order valence-corrected chi connectivity index (χ4v) is 7.15. The van der Waals surface area contributed by atoms with Gasteiger partial charge in [0.2, 0.25) is 33.0 Å². The highest BCUT2D eigenvalue weighted by atomic mass is 32.2. The van der Waals surface area contributed by atoms with Crippen molar-refractivity contribution in [2.24, 2.45) is 20.5 Å². The summed E-state index contributed by atoms with van der Waals surface area (Å²) in [6.45, 7) is 3.48. The molecule has 0 spiro atoms. The van der Waals surface area contributed by atoms with Crippen molar-refractivity contribution >= 4 is 73.7 Å². The number of hydrogen-bond donors (Lipinski definition) is 2. The second kappa shape index (κ2) is 15.8. The first-order chi connectivity index (χ1) is 24.5. The van der Waals surface area contributed by atoms with Crippen LogP contribution >= 0.6 is 0 Å². The largest absolute Gasteiger partial charge is 0.333 e. The number of rotatable bonds is 13. The Morgan fingerprint density at radius 3 is 1.56 bits per heavy atom. The zero-order chi connectivity index (χ0) is 38.7. The van der Waals surface area contributed by atoms with Gasteiger partial charge < -0.3 is 0 Å². The lowest BCUT2D eigenvalue weighted by Crippen LogP contribution is -2.58. The van der Waals surface area contributed by atoms with Crippen molar-refractivity contribution < 1.29 is 45.6 Å². The second-order valence-electron chi connectivity index (χ2n) is 11.5. The highest BCUT2D eigenvalue weighted by molar-refractivity contribution is 7.89. The van der Waals surface area contributed by atoms with E-state index in [1.807, 2.05) is 0 Å². The third kappa shape index (κ3) is 7.72. The molecule has 2 aromatic carbocycles. The Kier molecular flexibility index (Phi) is 12.0. The van der Waals surface area contributed by atoms with E-state index in [9.17, 15) is 45.6 Å². The molecule has 52 heavy (non-hydrogen) atoms. The lowest BCUT2D eigenvalue weighted by molar-refractivity contribution is -0.144. The summed E-state index contributed by atoms with van der Waals surface area (Å²) in [6.07, 6.45) is 0.778. The Hall–Kier alpha value is -5.48. The van der Waals surface area contributed by atoms with Crippen molar-refractivity contribution in [2.45, 2.75) is 43.7 Å². The number of nitrogens with zero attached hydrogens (tertiary/aromatic N) is 9. The van der Waals surface area contributed by atoms with Crippen molar-refractivity contribution in [1.82, 2.24) is 24.3 Å². The number of likely N-dealkylation sites (N-methyl/N-ethyl adjacent to an activating group) is 4. The first-order valence-electron chi connectivity index (χ1n) is 15.7. The molecule has 2 aliphatic rings. The van der Waals surface area contributed by atoms with Gasteiger partial charge in [0.05, 0.1) is 22.0 Å². The highest BCUT2D eigenvalue weighted by Gasteiger charge is 2.44. The van der Waals surface area contributed by atoms with Crippen LogP contribution < -0.4 is 9.03 Å². The number of hydrogen-bond acceptors (Lipinski definition) is 14. The standard InChI is InChI=1S/C30H36N10O10S2/c1-7-13-31-52(49,50)22-16-18(33-35-24-27(43)38(5)30(46)39(6)28(24)44)10-12-20(22)19-11-9-17(15-21(19)40(14-8-2)51(47)48)32-34-23-25(41)36(3)29(45)37(4)26(23)42/h9-12,15-16,23-24,31,51H,7-8,13-14H2,1-6H3. The van der Waals surface area contributed by atoms with E-state index in [4.69, 9.17) is 0 Å². The van der Waals surface area contributed by atoms with Crippen molar-refractivity contribution in [1.29, 1.82) is 0 Å². The van der Waals surface area contributed by atoms with Crippen LogP contribution in [-0.2, 0) is 40.1 Å². The van der Waals surface area contributed by atoms with Gasteiger partial charge in [0.1, 0.15) is 0 Å². The number of carbonyl (C=O) groups is 6. The second-order valence-corrected chi connectivity index (χ2v) is 14.2. The fourth-order valence-electron chi connectivity index (χ4n) is 5.08. The summed E-state index contributed by atoms with van der Waals surface area (Å²) in [6, 6.07) is 2.75. The molecule has 20 nitrogen and oxygen atoms in total. The maximum absolute atomic E-state index is 13.7. The molecule has 2 fully saturated rings. The lowest BCUT2D eigenvalue weighted by atomic mass is 10.0. The van der Waals surface area contributed by atoms with Crippen LogP contribution in [0.5, 0.6) is 0 Å². The minimum atomic E-state index is -4.32. The van der Waals surface area contributed by atoms with Crippen LogP contribution in [0.2, 0.25) is 0 Å². The number of anilines is 1. The molecule has 0 aliphatic carbocycles. The summed E-state index contributed by atoms with van der Waals surface area (Å²) >= 11 is 0. The Morgan fingerprint density at radius 1 is 0.692 bits per heavy atom. The maximum atomic E-state index is 13.7. The molecule has 0 unspecified atom stereocenters. The SMILES string of the molecule is CCCNS(=O)(=O)c1cc(N=NC2C(=O)N(C)C(=O)N(C)C2=O)ccc1-c1ccc(N=NC2C(=O)N(C)C(=O)N(C)C2=O)cc1N(CCC)[SH](=O)=O. The van der Waals surface area contributed by atoms with Gasteiger partial charge in [0, 0.05) is 52.4 Å². The maximum Gasteiger partial charge on any atom is 0.333 e. The van der Waals surface area contributed by atoms with Crippen LogP contribution in [-0.4, -0.2) is 125 Å². The topological polar surface area (TPSA) is 248 Å². The van der Waals surface area contributed by atoms with Crippen molar-refractivity contribution in [2.75, 3.05) is 45.6 Å². The number of azo groups is 2. The van der Waals surface area contributed by atoms with Crippen molar-refractivity contribution in [3.05, 3.63) is 36.4 Å². The van der Waals surface area contributed by atoms with Gasteiger partial charge >= 0.3 is 12.1 Å². The van der Waals surface area contributed by atoms with Gasteiger partial charge in [-0.05, 0) is 37.1 Å². The van der Waals surface area contributed by atoms with E-state index in [2.05, 4.69) is 25.2 Å². The smallest absolute Gasteiger partial charge is 0.272 e. The number of imide groups is 4. The predicted molar refractivity (Wildman–Crippen MR) is 184 cm³/mol. The summed E-state index contributed by atoms with van der Waals surface area (Å²) in [5.41, 5.74) is 0.0183. The number of carbonyl (C=O) groups excluding carboxylic acids is 6. The number of benzene rings is 2. The van der Waals surface area contributed by atoms with Gasteiger partial charge in [0.15, 0.2) is 0 Å². The van der Waals surface area contributed by atoms with E-state index in [0.29, 0.717) is 32.4 Å². The molecule has 8 amide bonds. The number of sulfonamides is 1. The molecule has 0 radical (unpaired) electrons. The normalized spacial score (nSPS) is 16.9. The summed E-state index contributed by atoms with van der Waals surface area (Å²) in [5, 5.41) is 15.6. The molecule has 2 saturated heterocycles. The molecule has 0 aromatic heterocycles. The molecule has 0 saturated carbocycles. The average molecular weight is 761 g/mol. The van der Waals surface area contributed by atoms with Crippen LogP contribution in [0.1, 0.15) is 26.7 Å². The van der Waals surface area contributed by atoms with Gasteiger partial charge in [0.25, 0.3) is 23.6 Å². The Balaban J connectivity index is 1.86. The van der Waals surface area contributed by atoms with E-state index in [1.165, 1.54) is 58.5 Å². The summed E-state index contributed by atoms with van der Waals surface area (Å²) in [4.78, 5) is 77.2. The molecule has 0 atom stereocenters. The fraction of sp³-hybridized carbons (Fsp3) is 0.400. The average Bonchev–Trinajstić information content (AvgIpc) is 3.12. The van der Waals surface area contributed by atoms with Crippen molar-refractivity contribution in [3.8, 4) is 11.1 Å². The molecule has 2 aromatic rings. The molecule has 22 heteroatoms. The van der Waals surface area contributed by atoms with E-state index in [0.717, 1.165) is 10.4 Å². The minimum absolute atomic E-state index is 0.00585. The first kappa shape index (κ1) is 39.3. The van der Waals surface area contributed by atoms with Crippen LogP contribution in [0.15, 0.2) is 61.8 Å². The lowest BCUT2D eigenvalue weighted by Gasteiger charge is -2.30. The summed E-state index contributed by atoms with van der Waals surface area (Å²) in [5.74, 6) is -3.69. The zero-order valence-electron chi connectivity index (χ0n) is 28.9. The Bertz CT molecular complexity index is 2030. The summed E-state index contributed by atoms with van der Waals surface area (Å²) in [7, 11) is -2.91. The molecule has 1 N–H and O–H groups in total. The highest BCUT2D eigenvalue weighted by Crippen LogP contribution is 2.39. The van der Waals surface area contributed by atoms with Crippen molar-refractivity contribution in [3.63, 3.8) is 0 Å².